The molecule has 0 fully saturated rings. The highest BCUT2D eigenvalue weighted by Gasteiger charge is 2.35. The summed E-state index contributed by atoms with van der Waals surface area (Å²) in [7, 11) is 1.67. The van der Waals surface area contributed by atoms with E-state index in [1.807, 2.05) is 0 Å². The number of nitrogens with zero attached hydrogens (tertiary/aromatic N) is 1. The largest absolute Gasteiger partial charge is 0.460 e. The van der Waals surface area contributed by atoms with Crippen LogP contribution in [-0.4, -0.2) is 36.8 Å². The molecule has 0 amide bonds. The standard InChI is InChI=1S/C15H17F3N2O3/c1-9(23-8-22)10-7-19-14-12(20(2)5-6-21)4-3-11(13(10)14)15(16,17)18/h3-4,7-9,19,21H,5-6H2,1-2H3. The van der Waals surface area contributed by atoms with Crippen LogP contribution in [0.4, 0.5) is 18.9 Å². The van der Waals surface area contributed by atoms with E-state index in [4.69, 9.17) is 9.84 Å². The minimum atomic E-state index is -4.54. The Kier molecular flexibility index (Phi) is 4.84. The average molecular weight is 330 g/mol. The molecule has 0 aliphatic heterocycles. The number of aliphatic hydroxyl groups is 1. The van der Waals surface area contributed by atoms with Crippen molar-refractivity contribution < 1.29 is 27.8 Å². The number of carbonyl (C=O) groups is 1. The average Bonchev–Trinajstić information content (AvgIpc) is 2.90. The van der Waals surface area contributed by atoms with E-state index in [1.165, 1.54) is 19.2 Å². The lowest BCUT2D eigenvalue weighted by Gasteiger charge is -2.21. The van der Waals surface area contributed by atoms with Crippen molar-refractivity contribution in [2.75, 3.05) is 25.1 Å². The molecule has 1 atom stereocenters. The number of ether oxygens (including phenoxy) is 1. The van der Waals surface area contributed by atoms with Gasteiger partial charge < -0.3 is 19.7 Å². The predicted molar refractivity (Wildman–Crippen MR) is 79.2 cm³/mol. The fourth-order valence-corrected chi connectivity index (χ4v) is 2.56. The van der Waals surface area contributed by atoms with Crippen LogP contribution in [0.2, 0.25) is 0 Å². The number of halogens is 3. The maximum absolute atomic E-state index is 13.3. The topological polar surface area (TPSA) is 65.6 Å². The van der Waals surface area contributed by atoms with Gasteiger partial charge in [-0.25, -0.2) is 0 Å². The van der Waals surface area contributed by atoms with E-state index >= 15 is 0 Å². The lowest BCUT2D eigenvalue weighted by molar-refractivity contribution is -0.136. The van der Waals surface area contributed by atoms with Crippen molar-refractivity contribution in [3.05, 3.63) is 29.5 Å². The first kappa shape index (κ1) is 17.1. The SMILES string of the molecule is CC(OC=O)c1c[nH]c2c(N(C)CCO)ccc(C(F)(F)F)c12. The molecule has 0 saturated heterocycles. The molecule has 126 valence electrons. The Morgan fingerprint density at radius 1 is 1.43 bits per heavy atom. The maximum atomic E-state index is 13.3. The van der Waals surface area contributed by atoms with E-state index in [0.717, 1.165) is 6.07 Å². The number of benzene rings is 1. The number of nitrogens with one attached hydrogen (secondary N) is 1. The van der Waals surface area contributed by atoms with E-state index in [9.17, 15) is 18.0 Å². The molecule has 5 nitrogen and oxygen atoms in total. The second kappa shape index (κ2) is 6.49. The Morgan fingerprint density at radius 3 is 2.70 bits per heavy atom. The van der Waals surface area contributed by atoms with Crippen LogP contribution < -0.4 is 4.90 Å². The Hall–Kier alpha value is -2.22. The fourth-order valence-electron chi connectivity index (χ4n) is 2.56. The van der Waals surface area contributed by atoms with E-state index in [1.54, 1.807) is 11.9 Å². The zero-order valence-electron chi connectivity index (χ0n) is 12.6. The molecule has 0 bridgehead atoms. The van der Waals surface area contributed by atoms with Crippen molar-refractivity contribution in [3.8, 4) is 0 Å². The number of hydrogen-bond donors (Lipinski definition) is 2. The quantitative estimate of drug-likeness (QED) is 0.800. The minimum absolute atomic E-state index is 0.0332. The van der Waals surface area contributed by atoms with E-state index in [-0.39, 0.29) is 36.1 Å². The monoisotopic (exact) mass is 330 g/mol. The number of anilines is 1. The number of likely N-dealkylation sites (N-methyl/N-ethyl adjacent to an activating group) is 1. The molecule has 23 heavy (non-hydrogen) atoms. The summed E-state index contributed by atoms with van der Waals surface area (Å²) in [6, 6.07) is 2.35. The lowest BCUT2D eigenvalue weighted by atomic mass is 10.0. The van der Waals surface area contributed by atoms with Crippen molar-refractivity contribution >= 4 is 23.1 Å². The molecule has 1 aromatic heterocycles. The number of alkyl halides is 3. The van der Waals surface area contributed by atoms with Crippen molar-refractivity contribution in [3.63, 3.8) is 0 Å². The Labute approximate surface area is 130 Å². The first-order valence-corrected chi connectivity index (χ1v) is 6.93. The van der Waals surface area contributed by atoms with Gasteiger partial charge in [0.15, 0.2) is 0 Å². The number of hydrogen-bond acceptors (Lipinski definition) is 4. The van der Waals surface area contributed by atoms with Crippen molar-refractivity contribution in [2.24, 2.45) is 0 Å². The molecule has 2 N–H and O–H groups in total. The molecule has 8 heteroatoms. The van der Waals surface area contributed by atoms with Crippen molar-refractivity contribution in [1.82, 2.24) is 4.98 Å². The summed E-state index contributed by atoms with van der Waals surface area (Å²) in [5, 5.41) is 8.99. The van der Waals surface area contributed by atoms with Gasteiger partial charge in [0.2, 0.25) is 0 Å². The summed E-state index contributed by atoms with van der Waals surface area (Å²) < 4.78 is 44.8. The van der Waals surface area contributed by atoms with E-state index in [2.05, 4.69) is 4.98 Å². The van der Waals surface area contributed by atoms with Crippen LogP contribution in [-0.2, 0) is 15.7 Å². The first-order chi connectivity index (χ1) is 10.8. The van der Waals surface area contributed by atoms with Crippen LogP contribution in [0.5, 0.6) is 0 Å². The van der Waals surface area contributed by atoms with Crippen molar-refractivity contribution in [2.45, 2.75) is 19.2 Å². The number of H-pyrrole nitrogens is 1. The highest BCUT2D eigenvalue weighted by Crippen LogP contribution is 2.41. The van der Waals surface area contributed by atoms with E-state index in [0.29, 0.717) is 5.69 Å². The molecule has 0 spiro atoms. The van der Waals surface area contributed by atoms with E-state index < -0.39 is 17.8 Å². The zero-order chi connectivity index (χ0) is 17.2. The summed E-state index contributed by atoms with van der Waals surface area (Å²) in [6.07, 6.45) is -3.95. The summed E-state index contributed by atoms with van der Waals surface area (Å²) in [4.78, 5) is 15.0. The molecule has 2 rings (SSSR count). The van der Waals surface area contributed by atoms with Crippen LogP contribution >= 0.6 is 0 Å². The van der Waals surface area contributed by atoms with Gasteiger partial charge >= 0.3 is 6.18 Å². The van der Waals surface area contributed by atoms with Gasteiger partial charge in [0, 0.05) is 30.7 Å². The van der Waals surface area contributed by atoms with Crippen LogP contribution in [0, 0.1) is 0 Å². The summed E-state index contributed by atoms with van der Waals surface area (Å²) >= 11 is 0. The molecule has 1 aromatic carbocycles. The van der Waals surface area contributed by atoms with Gasteiger partial charge in [0.05, 0.1) is 23.4 Å². The Balaban J connectivity index is 2.70. The van der Waals surface area contributed by atoms with Gasteiger partial charge in [-0.2, -0.15) is 13.2 Å². The number of aromatic amines is 1. The maximum Gasteiger partial charge on any atom is 0.417 e. The second-order valence-electron chi connectivity index (χ2n) is 5.14. The molecule has 0 aliphatic carbocycles. The third kappa shape index (κ3) is 3.26. The zero-order valence-corrected chi connectivity index (χ0v) is 12.6. The fraction of sp³-hybridized carbons (Fsp3) is 0.400. The smallest absolute Gasteiger partial charge is 0.417 e. The normalized spacial score (nSPS) is 13.1. The third-order valence-corrected chi connectivity index (χ3v) is 3.69. The van der Waals surface area contributed by atoms with Gasteiger partial charge in [-0.1, -0.05) is 0 Å². The number of fused-ring (bicyclic) bond motifs is 1. The molecular weight excluding hydrogens is 313 g/mol. The molecule has 0 radical (unpaired) electrons. The van der Waals surface area contributed by atoms with Crippen LogP contribution in [0.3, 0.4) is 0 Å². The lowest BCUT2D eigenvalue weighted by Crippen LogP contribution is -2.21. The van der Waals surface area contributed by atoms with Crippen LogP contribution in [0.1, 0.15) is 24.2 Å². The van der Waals surface area contributed by atoms with Crippen LogP contribution in [0.25, 0.3) is 10.9 Å². The van der Waals surface area contributed by atoms with Crippen molar-refractivity contribution in [1.29, 1.82) is 0 Å². The predicted octanol–water partition coefficient (Wildman–Crippen LogP) is 2.85. The number of aliphatic hydroxyl groups excluding tert-OH is 1. The van der Waals surface area contributed by atoms with Gasteiger partial charge in [0.1, 0.15) is 6.10 Å². The summed E-state index contributed by atoms with van der Waals surface area (Å²) in [5.41, 5.74) is 0.253. The van der Waals surface area contributed by atoms with Crippen LogP contribution in [0.15, 0.2) is 18.3 Å². The summed E-state index contributed by atoms with van der Waals surface area (Å²) in [6.45, 7) is 1.85. The molecule has 1 heterocycles. The number of rotatable bonds is 6. The first-order valence-electron chi connectivity index (χ1n) is 6.93. The highest BCUT2D eigenvalue weighted by atomic mass is 19.4. The van der Waals surface area contributed by atoms with Gasteiger partial charge in [-0.3, -0.25) is 4.79 Å². The molecule has 1 unspecified atom stereocenters. The number of carbonyl (C=O) groups excluding carboxylic acids is 1. The molecule has 2 aromatic rings. The number of aromatic nitrogens is 1. The minimum Gasteiger partial charge on any atom is -0.460 e. The molecule has 0 aliphatic rings. The highest BCUT2D eigenvalue weighted by molar-refractivity contribution is 5.97. The molecule has 0 saturated carbocycles. The molecular formula is C15H17F3N2O3. The second-order valence-corrected chi connectivity index (χ2v) is 5.14. The van der Waals surface area contributed by atoms with Gasteiger partial charge in [0.25, 0.3) is 6.47 Å². The Morgan fingerprint density at radius 2 is 2.13 bits per heavy atom. The van der Waals surface area contributed by atoms with Gasteiger partial charge in [-0.05, 0) is 19.1 Å². The van der Waals surface area contributed by atoms with Gasteiger partial charge in [-0.15, -0.1) is 0 Å². The summed E-state index contributed by atoms with van der Waals surface area (Å²) in [5.74, 6) is 0. The third-order valence-electron chi connectivity index (χ3n) is 3.69. The Bertz CT molecular complexity index is 697.